The van der Waals surface area contributed by atoms with E-state index in [1.54, 1.807) is 7.11 Å². The molecule has 18 heavy (non-hydrogen) atoms. The summed E-state index contributed by atoms with van der Waals surface area (Å²) in [5.41, 5.74) is 2.05. The van der Waals surface area contributed by atoms with Gasteiger partial charge >= 0.3 is 0 Å². The highest BCUT2D eigenvalue weighted by Gasteiger charge is 2.05. The molecule has 1 aromatic carbocycles. The molecular formula is C14H21NO3. The summed E-state index contributed by atoms with van der Waals surface area (Å²) in [5.74, 6) is 1.42. The lowest BCUT2D eigenvalue weighted by Crippen LogP contribution is -2.17. The number of aliphatic hydroxyl groups is 1. The predicted octanol–water partition coefficient (Wildman–Crippen LogP) is 1.73. The van der Waals surface area contributed by atoms with Crippen LogP contribution in [-0.2, 0) is 6.54 Å². The Labute approximate surface area is 108 Å². The molecule has 0 radical (unpaired) electrons. The molecule has 0 aliphatic rings. The van der Waals surface area contributed by atoms with Gasteiger partial charge in [-0.3, -0.25) is 0 Å². The molecule has 4 nitrogen and oxygen atoms in total. The van der Waals surface area contributed by atoms with E-state index in [1.165, 1.54) is 0 Å². The average molecular weight is 251 g/mol. The molecule has 1 aromatic rings. The van der Waals surface area contributed by atoms with Crippen molar-refractivity contribution >= 4 is 0 Å². The van der Waals surface area contributed by atoms with E-state index < -0.39 is 0 Å². The van der Waals surface area contributed by atoms with Crippen LogP contribution in [0.2, 0.25) is 0 Å². The first-order valence-corrected chi connectivity index (χ1v) is 5.93. The van der Waals surface area contributed by atoms with Gasteiger partial charge < -0.3 is 19.9 Å². The number of nitrogens with one attached hydrogen (secondary N) is 1. The lowest BCUT2D eigenvalue weighted by Gasteiger charge is -2.12. The fourth-order valence-electron chi connectivity index (χ4n) is 1.45. The van der Waals surface area contributed by atoms with E-state index in [0.29, 0.717) is 31.2 Å². The molecule has 0 aromatic heterocycles. The Kier molecular flexibility index (Phi) is 6.25. The van der Waals surface area contributed by atoms with Gasteiger partial charge in [0.15, 0.2) is 11.5 Å². The Balaban J connectivity index is 2.67. The molecule has 4 heteroatoms. The van der Waals surface area contributed by atoms with Crippen molar-refractivity contribution in [1.29, 1.82) is 0 Å². The maximum absolute atomic E-state index is 8.70. The molecule has 0 aliphatic heterocycles. The summed E-state index contributed by atoms with van der Waals surface area (Å²) >= 11 is 0. The van der Waals surface area contributed by atoms with E-state index in [2.05, 4.69) is 11.9 Å². The lowest BCUT2D eigenvalue weighted by molar-refractivity contribution is 0.292. The van der Waals surface area contributed by atoms with E-state index in [0.717, 1.165) is 11.1 Å². The van der Waals surface area contributed by atoms with Crippen LogP contribution in [-0.4, -0.2) is 32.0 Å². The van der Waals surface area contributed by atoms with Crippen LogP contribution in [0.5, 0.6) is 11.5 Å². The second-order valence-electron chi connectivity index (χ2n) is 4.13. The minimum atomic E-state index is 0.136. The van der Waals surface area contributed by atoms with Gasteiger partial charge in [-0.1, -0.05) is 12.6 Å². The fraction of sp³-hybridized carbons (Fsp3) is 0.429. The summed E-state index contributed by atoms with van der Waals surface area (Å²) in [6.07, 6.45) is 0. The Hall–Kier alpha value is -1.52. The molecule has 0 bridgehead atoms. The zero-order valence-corrected chi connectivity index (χ0v) is 11.0. The average Bonchev–Trinajstić information content (AvgIpc) is 2.37. The Bertz CT molecular complexity index is 391. The molecule has 0 atom stereocenters. The quantitative estimate of drug-likeness (QED) is 0.546. The molecule has 1 rings (SSSR count). The van der Waals surface area contributed by atoms with Crippen LogP contribution in [0, 0.1) is 0 Å². The molecule has 0 aliphatic carbocycles. The SMILES string of the molecule is C=C(C)COc1ccc(CNCCO)cc1OC. The highest BCUT2D eigenvalue weighted by molar-refractivity contribution is 5.43. The van der Waals surface area contributed by atoms with E-state index in [-0.39, 0.29) is 6.61 Å². The first kappa shape index (κ1) is 14.5. The monoisotopic (exact) mass is 251 g/mol. The third-order valence-corrected chi connectivity index (χ3v) is 2.32. The topological polar surface area (TPSA) is 50.7 Å². The van der Waals surface area contributed by atoms with Crippen LogP contribution in [0.4, 0.5) is 0 Å². The van der Waals surface area contributed by atoms with Crippen LogP contribution >= 0.6 is 0 Å². The van der Waals surface area contributed by atoms with Crippen molar-refractivity contribution in [3.63, 3.8) is 0 Å². The van der Waals surface area contributed by atoms with Gasteiger partial charge in [-0.05, 0) is 30.2 Å². The first-order valence-electron chi connectivity index (χ1n) is 5.93. The van der Waals surface area contributed by atoms with Crippen molar-refractivity contribution in [3.05, 3.63) is 35.9 Å². The molecular weight excluding hydrogens is 230 g/mol. The summed E-state index contributed by atoms with van der Waals surface area (Å²) in [7, 11) is 1.62. The van der Waals surface area contributed by atoms with Crippen molar-refractivity contribution in [3.8, 4) is 11.5 Å². The van der Waals surface area contributed by atoms with E-state index in [9.17, 15) is 0 Å². The number of ether oxygens (including phenoxy) is 2. The maximum atomic E-state index is 8.70. The van der Waals surface area contributed by atoms with E-state index >= 15 is 0 Å². The molecule has 0 saturated heterocycles. The zero-order chi connectivity index (χ0) is 13.4. The van der Waals surface area contributed by atoms with Gasteiger partial charge in [0.05, 0.1) is 13.7 Å². The van der Waals surface area contributed by atoms with Crippen LogP contribution in [0.1, 0.15) is 12.5 Å². The second-order valence-corrected chi connectivity index (χ2v) is 4.13. The third-order valence-electron chi connectivity index (χ3n) is 2.32. The van der Waals surface area contributed by atoms with Crippen molar-refractivity contribution < 1.29 is 14.6 Å². The number of rotatable bonds is 8. The van der Waals surface area contributed by atoms with Crippen molar-refractivity contribution in [2.45, 2.75) is 13.5 Å². The standard InChI is InChI=1S/C14H21NO3/c1-11(2)10-18-13-5-4-12(8-14(13)17-3)9-15-6-7-16/h4-5,8,15-16H,1,6-7,9-10H2,2-3H3. The molecule has 0 spiro atoms. The fourth-order valence-corrected chi connectivity index (χ4v) is 1.45. The summed E-state index contributed by atoms with van der Waals surface area (Å²) in [6, 6.07) is 5.79. The van der Waals surface area contributed by atoms with Crippen LogP contribution in [0.15, 0.2) is 30.4 Å². The van der Waals surface area contributed by atoms with Crippen LogP contribution < -0.4 is 14.8 Å². The van der Waals surface area contributed by atoms with Gasteiger partial charge in [-0.2, -0.15) is 0 Å². The maximum Gasteiger partial charge on any atom is 0.161 e. The predicted molar refractivity (Wildman–Crippen MR) is 72.1 cm³/mol. The van der Waals surface area contributed by atoms with Crippen molar-refractivity contribution in [2.75, 3.05) is 26.9 Å². The van der Waals surface area contributed by atoms with Crippen LogP contribution in [0.3, 0.4) is 0 Å². The summed E-state index contributed by atoms with van der Waals surface area (Å²) in [4.78, 5) is 0. The summed E-state index contributed by atoms with van der Waals surface area (Å²) in [6.45, 7) is 7.60. The normalized spacial score (nSPS) is 10.2. The van der Waals surface area contributed by atoms with E-state index in [1.807, 2.05) is 25.1 Å². The van der Waals surface area contributed by atoms with Gasteiger partial charge in [0.1, 0.15) is 6.61 Å². The number of benzene rings is 1. The zero-order valence-electron chi connectivity index (χ0n) is 11.0. The Morgan fingerprint density at radius 1 is 1.39 bits per heavy atom. The highest BCUT2D eigenvalue weighted by Crippen LogP contribution is 2.28. The number of hydrogen-bond acceptors (Lipinski definition) is 4. The van der Waals surface area contributed by atoms with Gasteiger partial charge in [0.2, 0.25) is 0 Å². The highest BCUT2D eigenvalue weighted by atomic mass is 16.5. The smallest absolute Gasteiger partial charge is 0.161 e. The van der Waals surface area contributed by atoms with Crippen molar-refractivity contribution in [1.82, 2.24) is 5.32 Å². The third kappa shape index (κ3) is 4.77. The van der Waals surface area contributed by atoms with Gasteiger partial charge in [-0.15, -0.1) is 0 Å². The summed E-state index contributed by atoms with van der Waals surface area (Å²) < 4.78 is 10.9. The van der Waals surface area contributed by atoms with Crippen LogP contribution in [0.25, 0.3) is 0 Å². The Morgan fingerprint density at radius 2 is 2.17 bits per heavy atom. The van der Waals surface area contributed by atoms with Gasteiger partial charge in [0.25, 0.3) is 0 Å². The minimum absolute atomic E-state index is 0.136. The second kappa shape index (κ2) is 7.74. The molecule has 100 valence electrons. The molecule has 0 saturated carbocycles. The first-order chi connectivity index (χ1) is 8.67. The number of aliphatic hydroxyl groups excluding tert-OH is 1. The molecule has 0 fully saturated rings. The lowest BCUT2D eigenvalue weighted by atomic mass is 10.2. The molecule has 0 amide bonds. The molecule has 2 N–H and O–H groups in total. The van der Waals surface area contributed by atoms with E-state index in [4.69, 9.17) is 14.6 Å². The van der Waals surface area contributed by atoms with Gasteiger partial charge in [-0.25, -0.2) is 0 Å². The van der Waals surface area contributed by atoms with Crippen molar-refractivity contribution in [2.24, 2.45) is 0 Å². The minimum Gasteiger partial charge on any atom is -0.493 e. The molecule has 0 heterocycles. The number of methoxy groups -OCH3 is 1. The van der Waals surface area contributed by atoms with Gasteiger partial charge in [0, 0.05) is 13.1 Å². The summed E-state index contributed by atoms with van der Waals surface area (Å²) in [5, 5.41) is 11.8. The largest absolute Gasteiger partial charge is 0.493 e. The number of hydrogen-bond donors (Lipinski definition) is 2. The Morgan fingerprint density at radius 3 is 2.78 bits per heavy atom. The molecule has 0 unspecified atom stereocenters.